The number of nitrogens with zero attached hydrogens (tertiary/aromatic N) is 2. The molecule has 1 saturated heterocycles. The Labute approximate surface area is 140 Å². The third kappa shape index (κ3) is 5.33. The van der Waals surface area contributed by atoms with Gasteiger partial charge in [-0.3, -0.25) is 4.79 Å². The van der Waals surface area contributed by atoms with Crippen molar-refractivity contribution in [1.82, 2.24) is 15.5 Å². The van der Waals surface area contributed by atoms with Crippen molar-refractivity contribution in [2.45, 2.75) is 26.3 Å². The summed E-state index contributed by atoms with van der Waals surface area (Å²) >= 11 is 3.42. The molecule has 1 aromatic rings. The molecule has 0 bridgehead atoms. The van der Waals surface area contributed by atoms with E-state index in [0.717, 1.165) is 42.5 Å². The van der Waals surface area contributed by atoms with Gasteiger partial charge in [0.15, 0.2) is 5.96 Å². The summed E-state index contributed by atoms with van der Waals surface area (Å²) in [6, 6.07) is 8.07. The first kappa shape index (κ1) is 16.8. The molecule has 1 aliphatic heterocycles. The first-order valence-electron chi connectivity index (χ1n) is 7.73. The molecule has 2 N–H and O–H groups in total. The summed E-state index contributed by atoms with van der Waals surface area (Å²) in [7, 11) is 0. The highest BCUT2D eigenvalue weighted by Crippen LogP contribution is 2.11. The van der Waals surface area contributed by atoms with Crippen LogP contribution in [0.2, 0.25) is 0 Å². The third-order valence-electron chi connectivity index (χ3n) is 3.54. The average molecular weight is 367 g/mol. The van der Waals surface area contributed by atoms with E-state index in [2.05, 4.69) is 31.6 Å². The number of nitrogens with one attached hydrogen (secondary N) is 2. The molecule has 0 aliphatic carbocycles. The number of rotatable bonds is 5. The largest absolute Gasteiger partial charge is 0.357 e. The number of hydrogen-bond donors (Lipinski definition) is 2. The number of hydrogen-bond acceptors (Lipinski definition) is 2. The highest BCUT2D eigenvalue weighted by molar-refractivity contribution is 9.10. The summed E-state index contributed by atoms with van der Waals surface area (Å²) in [6.07, 6.45) is 2.23. The maximum atomic E-state index is 12.0. The molecule has 0 aromatic heterocycles. The Bertz CT molecular complexity index is 509. The van der Waals surface area contributed by atoms with E-state index < -0.39 is 0 Å². The summed E-state index contributed by atoms with van der Waals surface area (Å²) < 4.78 is 1.06. The fraction of sp³-hybridized carbons (Fsp3) is 0.500. The molecule has 1 aliphatic rings. The van der Waals surface area contributed by atoms with Gasteiger partial charge in [0.2, 0.25) is 5.91 Å². The topological polar surface area (TPSA) is 56.7 Å². The van der Waals surface area contributed by atoms with Crippen molar-refractivity contribution in [3.63, 3.8) is 0 Å². The van der Waals surface area contributed by atoms with Crippen LogP contribution in [0.15, 0.2) is 33.7 Å². The number of carbonyl (C=O) groups is 1. The lowest BCUT2D eigenvalue weighted by Crippen LogP contribution is -2.44. The Morgan fingerprint density at radius 2 is 1.91 bits per heavy atom. The fourth-order valence-electron chi connectivity index (χ4n) is 2.34. The van der Waals surface area contributed by atoms with Crippen LogP contribution in [0.25, 0.3) is 0 Å². The second-order valence-electron chi connectivity index (χ2n) is 5.26. The number of likely N-dealkylation sites (tertiary alicyclic amines) is 1. The number of benzene rings is 1. The van der Waals surface area contributed by atoms with Gasteiger partial charge in [0.1, 0.15) is 0 Å². The Morgan fingerprint density at radius 1 is 1.23 bits per heavy atom. The van der Waals surface area contributed by atoms with Crippen LogP contribution in [-0.2, 0) is 11.3 Å². The second kappa shape index (κ2) is 8.78. The van der Waals surface area contributed by atoms with Crippen molar-refractivity contribution in [3.05, 3.63) is 34.3 Å². The van der Waals surface area contributed by atoms with Crippen molar-refractivity contribution in [2.24, 2.45) is 4.99 Å². The van der Waals surface area contributed by atoms with Crippen LogP contribution in [-0.4, -0.2) is 42.9 Å². The van der Waals surface area contributed by atoms with Crippen molar-refractivity contribution >= 4 is 27.8 Å². The number of amides is 1. The summed E-state index contributed by atoms with van der Waals surface area (Å²) in [5.74, 6) is 0.824. The SMILES string of the molecule is CCNC(=NCc1ccc(Br)cc1)NCC(=O)N1CCCC1. The summed E-state index contributed by atoms with van der Waals surface area (Å²) in [6.45, 7) is 5.43. The van der Waals surface area contributed by atoms with Crippen LogP contribution < -0.4 is 10.6 Å². The molecule has 120 valence electrons. The van der Waals surface area contributed by atoms with Crippen LogP contribution >= 0.6 is 15.9 Å². The predicted molar refractivity (Wildman–Crippen MR) is 92.8 cm³/mol. The monoisotopic (exact) mass is 366 g/mol. The Morgan fingerprint density at radius 3 is 2.55 bits per heavy atom. The van der Waals surface area contributed by atoms with Crippen LogP contribution in [0.5, 0.6) is 0 Å². The van der Waals surface area contributed by atoms with Crippen molar-refractivity contribution in [2.75, 3.05) is 26.2 Å². The van der Waals surface area contributed by atoms with Gasteiger partial charge in [-0.2, -0.15) is 0 Å². The predicted octanol–water partition coefficient (Wildman–Crippen LogP) is 2.13. The lowest BCUT2D eigenvalue weighted by atomic mass is 10.2. The van der Waals surface area contributed by atoms with E-state index in [1.54, 1.807) is 0 Å². The van der Waals surface area contributed by atoms with Crippen LogP contribution in [0.3, 0.4) is 0 Å². The summed E-state index contributed by atoms with van der Waals surface area (Å²) in [4.78, 5) is 18.5. The van der Waals surface area contributed by atoms with Gasteiger partial charge < -0.3 is 15.5 Å². The fourth-order valence-corrected chi connectivity index (χ4v) is 2.60. The number of halogens is 1. The molecule has 5 nitrogen and oxygen atoms in total. The van der Waals surface area contributed by atoms with Gasteiger partial charge in [-0.15, -0.1) is 0 Å². The highest BCUT2D eigenvalue weighted by Gasteiger charge is 2.17. The van der Waals surface area contributed by atoms with Gasteiger partial charge in [0, 0.05) is 24.1 Å². The lowest BCUT2D eigenvalue weighted by Gasteiger charge is -2.17. The van der Waals surface area contributed by atoms with Crippen LogP contribution in [0.1, 0.15) is 25.3 Å². The maximum absolute atomic E-state index is 12.0. The van der Waals surface area contributed by atoms with E-state index in [-0.39, 0.29) is 5.91 Å². The zero-order valence-corrected chi connectivity index (χ0v) is 14.5. The highest BCUT2D eigenvalue weighted by atomic mass is 79.9. The van der Waals surface area contributed by atoms with E-state index >= 15 is 0 Å². The molecule has 22 heavy (non-hydrogen) atoms. The van der Waals surface area contributed by atoms with Gasteiger partial charge in [-0.05, 0) is 37.5 Å². The molecule has 0 radical (unpaired) electrons. The van der Waals surface area contributed by atoms with Gasteiger partial charge in [0.25, 0.3) is 0 Å². The number of guanidine groups is 1. The molecule has 0 unspecified atom stereocenters. The molecule has 1 heterocycles. The summed E-state index contributed by atoms with van der Waals surface area (Å²) in [5, 5.41) is 6.29. The first-order valence-corrected chi connectivity index (χ1v) is 8.52. The lowest BCUT2D eigenvalue weighted by molar-refractivity contribution is -0.128. The van der Waals surface area contributed by atoms with E-state index in [1.807, 2.05) is 36.1 Å². The molecule has 1 aromatic carbocycles. The molecule has 6 heteroatoms. The second-order valence-corrected chi connectivity index (χ2v) is 6.18. The maximum Gasteiger partial charge on any atom is 0.241 e. The molecule has 1 amide bonds. The van der Waals surface area contributed by atoms with Crippen molar-refractivity contribution in [3.8, 4) is 0 Å². The minimum atomic E-state index is 0.145. The molecular formula is C16H23BrN4O. The van der Waals surface area contributed by atoms with Gasteiger partial charge in [0.05, 0.1) is 13.1 Å². The Kier molecular flexibility index (Phi) is 6.71. The standard InChI is InChI=1S/C16H23BrN4O/c1-2-18-16(19-11-13-5-7-14(17)8-6-13)20-12-15(22)21-9-3-4-10-21/h5-8H,2-4,9-12H2,1H3,(H2,18,19,20). The third-order valence-corrected chi connectivity index (χ3v) is 4.07. The molecule has 0 atom stereocenters. The minimum Gasteiger partial charge on any atom is -0.357 e. The van der Waals surface area contributed by atoms with Gasteiger partial charge in [-0.25, -0.2) is 4.99 Å². The normalized spacial score (nSPS) is 15.0. The number of aliphatic imine (C=N–C) groups is 1. The van der Waals surface area contributed by atoms with Crippen LogP contribution in [0.4, 0.5) is 0 Å². The smallest absolute Gasteiger partial charge is 0.241 e. The average Bonchev–Trinajstić information content (AvgIpc) is 3.06. The molecule has 1 fully saturated rings. The molecule has 0 spiro atoms. The van der Waals surface area contributed by atoms with Gasteiger partial charge >= 0.3 is 0 Å². The van der Waals surface area contributed by atoms with E-state index in [9.17, 15) is 4.79 Å². The van der Waals surface area contributed by atoms with Crippen molar-refractivity contribution < 1.29 is 4.79 Å². The van der Waals surface area contributed by atoms with Crippen LogP contribution in [0, 0.1) is 0 Å². The quantitative estimate of drug-likeness (QED) is 0.619. The molecule has 2 rings (SSSR count). The zero-order chi connectivity index (χ0) is 15.8. The molecular weight excluding hydrogens is 344 g/mol. The first-order chi connectivity index (χ1) is 10.7. The zero-order valence-electron chi connectivity index (χ0n) is 12.9. The minimum absolute atomic E-state index is 0.145. The Balaban J connectivity index is 1.86. The number of carbonyl (C=O) groups excluding carboxylic acids is 1. The van der Waals surface area contributed by atoms with E-state index in [0.29, 0.717) is 19.0 Å². The van der Waals surface area contributed by atoms with Crippen molar-refractivity contribution in [1.29, 1.82) is 0 Å². The Hall–Kier alpha value is -1.56. The molecule has 0 saturated carbocycles. The van der Waals surface area contributed by atoms with E-state index in [4.69, 9.17) is 0 Å². The van der Waals surface area contributed by atoms with Gasteiger partial charge in [-0.1, -0.05) is 28.1 Å². The van der Waals surface area contributed by atoms with E-state index in [1.165, 1.54) is 0 Å². The summed E-state index contributed by atoms with van der Waals surface area (Å²) in [5.41, 5.74) is 1.13.